The molecule has 16 heavy (non-hydrogen) atoms. The molecule has 0 radical (unpaired) electrons. The summed E-state index contributed by atoms with van der Waals surface area (Å²) in [7, 11) is 0. The summed E-state index contributed by atoms with van der Waals surface area (Å²) in [6.45, 7) is 4.24. The minimum atomic E-state index is -0.0287. The lowest BCUT2D eigenvalue weighted by molar-refractivity contribution is -0.235. The molecule has 0 spiro atoms. The predicted molar refractivity (Wildman–Crippen MR) is 64.3 cm³/mol. The minimum Gasteiger partial charge on any atom is -0.350 e. The smallest absolute Gasteiger partial charge is 0.158 e. The van der Waals surface area contributed by atoms with Crippen LogP contribution < -0.4 is 0 Å². The monoisotopic (exact) mass is 220 g/mol. The first-order valence-corrected chi connectivity index (χ1v) is 6.09. The van der Waals surface area contributed by atoms with Crippen molar-refractivity contribution in [2.75, 3.05) is 0 Å². The SMILES string of the molecule is C[C@H]1C[C@H](C)OC(CCc2ccccc2)O1. The van der Waals surface area contributed by atoms with E-state index in [0.717, 1.165) is 19.3 Å². The van der Waals surface area contributed by atoms with Gasteiger partial charge in [0.15, 0.2) is 6.29 Å². The fourth-order valence-electron chi connectivity index (χ4n) is 2.19. The Morgan fingerprint density at radius 1 is 1.06 bits per heavy atom. The molecule has 1 heterocycles. The molecule has 1 aliphatic heterocycles. The summed E-state index contributed by atoms with van der Waals surface area (Å²) in [6.07, 6.45) is 3.58. The quantitative estimate of drug-likeness (QED) is 0.779. The normalized spacial score (nSPS) is 30.2. The van der Waals surface area contributed by atoms with Crippen LogP contribution in [-0.4, -0.2) is 18.5 Å². The van der Waals surface area contributed by atoms with Crippen molar-refractivity contribution in [3.63, 3.8) is 0 Å². The fourth-order valence-corrected chi connectivity index (χ4v) is 2.19. The molecule has 0 N–H and O–H groups in total. The summed E-state index contributed by atoms with van der Waals surface area (Å²) in [4.78, 5) is 0. The second kappa shape index (κ2) is 5.46. The van der Waals surface area contributed by atoms with Crippen molar-refractivity contribution in [3.8, 4) is 0 Å². The van der Waals surface area contributed by atoms with E-state index in [1.807, 2.05) is 6.07 Å². The van der Waals surface area contributed by atoms with Gasteiger partial charge in [0.05, 0.1) is 12.2 Å². The molecule has 2 atom stereocenters. The molecule has 0 bridgehead atoms. The van der Waals surface area contributed by atoms with Gasteiger partial charge in [-0.3, -0.25) is 0 Å². The van der Waals surface area contributed by atoms with Crippen molar-refractivity contribution in [1.29, 1.82) is 0 Å². The summed E-state index contributed by atoms with van der Waals surface area (Å²) >= 11 is 0. The highest BCUT2D eigenvalue weighted by atomic mass is 16.7. The molecule has 1 fully saturated rings. The summed E-state index contributed by atoms with van der Waals surface area (Å²) in [5.74, 6) is 0. The highest BCUT2D eigenvalue weighted by molar-refractivity contribution is 5.14. The van der Waals surface area contributed by atoms with Crippen LogP contribution in [0.15, 0.2) is 30.3 Å². The van der Waals surface area contributed by atoms with Crippen molar-refractivity contribution < 1.29 is 9.47 Å². The Morgan fingerprint density at radius 2 is 1.69 bits per heavy atom. The third-order valence-electron chi connectivity index (χ3n) is 2.94. The minimum absolute atomic E-state index is 0.0287. The maximum absolute atomic E-state index is 5.76. The molecule has 88 valence electrons. The molecule has 0 amide bonds. The molecule has 0 unspecified atom stereocenters. The van der Waals surface area contributed by atoms with Crippen molar-refractivity contribution in [2.45, 2.75) is 51.6 Å². The second-order valence-corrected chi connectivity index (χ2v) is 4.58. The van der Waals surface area contributed by atoms with Gasteiger partial charge in [-0.1, -0.05) is 30.3 Å². The Balaban J connectivity index is 1.81. The summed E-state index contributed by atoms with van der Waals surface area (Å²) < 4.78 is 11.5. The summed E-state index contributed by atoms with van der Waals surface area (Å²) in [6, 6.07) is 10.5. The standard InChI is InChI=1S/C14H20O2/c1-11-10-12(2)16-14(15-11)9-8-13-6-4-3-5-7-13/h3-7,11-12,14H,8-10H2,1-2H3/t11-,12-/m0/s1. The highest BCUT2D eigenvalue weighted by Gasteiger charge is 2.24. The number of hydrogen-bond acceptors (Lipinski definition) is 2. The van der Waals surface area contributed by atoms with E-state index >= 15 is 0 Å². The Morgan fingerprint density at radius 3 is 2.31 bits per heavy atom. The number of aryl methyl sites for hydroxylation is 1. The van der Waals surface area contributed by atoms with Gasteiger partial charge >= 0.3 is 0 Å². The van der Waals surface area contributed by atoms with Crippen LogP contribution in [0.25, 0.3) is 0 Å². The number of benzene rings is 1. The highest BCUT2D eigenvalue weighted by Crippen LogP contribution is 2.21. The van der Waals surface area contributed by atoms with E-state index in [1.54, 1.807) is 0 Å². The molecule has 2 heteroatoms. The van der Waals surface area contributed by atoms with E-state index in [-0.39, 0.29) is 6.29 Å². The van der Waals surface area contributed by atoms with Gasteiger partial charge in [0.1, 0.15) is 0 Å². The molecule has 1 aromatic rings. The van der Waals surface area contributed by atoms with E-state index in [1.165, 1.54) is 5.56 Å². The van der Waals surface area contributed by atoms with E-state index in [2.05, 4.69) is 38.1 Å². The lowest BCUT2D eigenvalue weighted by Crippen LogP contribution is -2.35. The second-order valence-electron chi connectivity index (χ2n) is 4.58. The van der Waals surface area contributed by atoms with Gasteiger partial charge in [-0.15, -0.1) is 0 Å². The molecule has 2 rings (SSSR count). The van der Waals surface area contributed by atoms with Crippen LogP contribution in [0.2, 0.25) is 0 Å². The summed E-state index contributed by atoms with van der Waals surface area (Å²) in [5, 5.41) is 0. The maximum atomic E-state index is 5.76. The van der Waals surface area contributed by atoms with Gasteiger partial charge in [-0.2, -0.15) is 0 Å². The molecule has 0 aliphatic carbocycles. The Hall–Kier alpha value is -0.860. The van der Waals surface area contributed by atoms with E-state index < -0.39 is 0 Å². The van der Waals surface area contributed by atoms with Crippen LogP contribution >= 0.6 is 0 Å². The van der Waals surface area contributed by atoms with Crippen LogP contribution in [0, 0.1) is 0 Å². The zero-order valence-corrected chi connectivity index (χ0v) is 10.1. The van der Waals surface area contributed by atoms with Crippen LogP contribution in [0.5, 0.6) is 0 Å². The molecule has 1 saturated heterocycles. The lowest BCUT2D eigenvalue weighted by Gasteiger charge is -2.32. The van der Waals surface area contributed by atoms with Gasteiger partial charge in [0.25, 0.3) is 0 Å². The van der Waals surface area contributed by atoms with Crippen molar-refractivity contribution in [3.05, 3.63) is 35.9 Å². The zero-order chi connectivity index (χ0) is 11.4. The van der Waals surface area contributed by atoms with Crippen LogP contribution in [0.4, 0.5) is 0 Å². The Bertz CT molecular complexity index is 300. The van der Waals surface area contributed by atoms with Gasteiger partial charge in [0.2, 0.25) is 0 Å². The average molecular weight is 220 g/mol. The molecule has 0 saturated carbocycles. The topological polar surface area (TPSA) is 18.5 Å². The van der Waals surface area contributed by atoms with Crippen molar-refractivity contribution >= 4 is 0 Å². The van der Waals surface area contributed by atoms with E-state index in [9.17, 15) is 0 Å². The van der Waals surface area contributed by atoms with Crippen molar-refractivity contribution in [1.82, 2.24) is 0 Å². The van der Waals surface area contributed by atoms with E-state index in [4.69, 9.17) is 9.47 Å². The van der Waals surface area contributed by atoms with Crippen LogP contribution in [-0.2, 0) is 15.9 Å². The first kappa shape index (κ1) is 11.6. The predicted octanol–water partition coefficient (Wildman–Crippen LogP) is 3.16. The molecule has 0 aromatic heterocycles. The van der Waals surface area contributed by atoms with Crippen molar-refractivity contribution in [2.24, 2.45) is 0 Å². The third-order valence-corrected chi connectivity index (χ3v) is 2.94. The number of ether oxygens (including phenoxy) is 2. The molecule has 1 aliphatic rings. The average Bonchev–Trinajstić information content (AvgIpc) is 2.27. The van der Waals surface area contributed by atoms with Crippen LogP contribution in [0.3, 0.4) is 0 Å². The first-order valence-electron chi connectivity index (χ1n) is 6.09. The van der Waals surface area contributed by atoms with Gasteiger partial charge in [-0.05, 0) is 32.3 Å². The fraction of sp³-hybridized carbons (Fsp3) is 0.571. The van der Waals surface area contributed by atoms with Gasteiger partial charge in [-0.25, -0.2) is 0 Å². The molecular weight excluding hydrogens is 200 g/mol. The van der Waals surface area contributed by atoms with Crippen LogP contribution in [0.1, 0.15) is 32.3 Å². The summed E-state index contributed by atoms with van der Waals surface area (Å²) in [5.41, 5.74) is 1.35. The van der Waals surface area contributed by atoms with Gasteiger partial charge < -0.3 is 9.47 Å². The van der Waals surface area contributed by atoms with E-state index in [0.29, 0.717) is 12.2 Å². The number of hydrogen-bond donors (Lipinski definition) is 0. The molecule has 1 aromatic carbocycles. The van der Waals surface area contributed by atoms with Gasteiger partial charge in [0, 0.05) is 6.42 Å². The maximum Gasteiger partial charge on any atom is 0.158 e. The third kappa shape index (κ3) is 3.32. The Labute approximate surface area is 97.6 Å². The Kier molecular flexibility index (Phi) is 3.97. The molecule has 2 nitrogen and oxygen atoms in total. The largest absolute Gasteiger partial charge is 0.350 e. The lowest BCUT2D eigenvalue weighted by atomic mass is 10.1. The number of rotatable bonds is 3. The zero-order valence-electron chi connectivity index (χ0n) is 10.1. The first-order chi connectivity index (χ1) is 7.74. The molecular formula is C14H20O2.